The van der Waals surface area contributed by atoms with Crippen LogP contribution < -0.4 is 10.6 Å². The number of benzene rings is 1. The van der Waals surface area contributed by atoms with Gasteiger partial charge in [0.05, 0.1) is 12.6 Å². The molecule has 1 aromatic rings. The van der Waals surface area contributed by atoms with E-state index in [4.69, 9.17) is 0 Å². The molecule has 4 nitrogen and oxygen atoms in total. The maximum Gasteiger partial charge on any atom is 0.319 e. The first-order valence-electron chi connectivity index (χ1n) is 8.32. The highest BCUT2D eigenvalue weighted by Gasteiger charge is 2.12. The highest BCUT2D eigenvalue weighted by atomic mass is 16.3. The average Bonchev–Trinajstić information content (AvgIpc) is 2.48. The fourth-order valence-electron chi connectivity index (χ4n) is 2.43. The molecule has 0 saturated heterocycles. The Bertz CT molecular complexity index is 429. The number of aliphatic hydroxyl groups is 1. The SMILES string of the molecule is CCCCCc1ccc(NC(=O)NC(CO)CC(C)C)cc1. The summed E-state index contributed by atoms with van der Waals surface area (Å²) in [6, 6.07) is 7.51. The van der Waals surface area contributed by atoms with Gasteiger partial charge in [-0.1, -0.05) is 45.7 Å². The molecular weight excluding hydrogens is 276 g/mol. The Morgan fingerprint density at radius 1 is 1.18 bits per heavy atom. The van der Waals surface area contributed by atoms with Crippen molar-refractivity contribution in [1.82, 2.24) is 5.32 Å². The summed E-state index contributed by atoms with van der Waals surface area (Å²) < 4.78 is 0. The van der Waals surface area contributed by atoms with Crippen molar-refractivity contribution in [3.63, 3.8) is 0 Å². The summed E-state index contributed by atoms with van der Waals surface area (Å²) in [4.78, 5) is 11.9. The predicted octanol–water partition coefficient (Wildman–Crippen LogP) is 3.95. The molecule has 1 atom stereocenters. The van der Waals surface area contributed by atoms with E-state index in [0.717, 1.165) is 18.5 Å². The minimum Gasteiger partial charge on any atom is -0.394 e. The van der Waals surface area contributed by atoms with Crippen molar-refractivity contribution in [2.75, 3.05) is 11.9 Å². The van der Waals surface area contributed by atoms with Gasteiger partial charge in [-0.2, -0.15) is 0 Å². The van der Waals surface area contributed by atoms with Crippen LogP contribution in [0.2, 0.25) is 0 Å². The summed E-state index contributed by atoms with van der Waals surface area (Å²) in [5, 5.41) is 14.9. The van der Waals surface area contributed by atoms with E-state index in [1.165, 1.54) is 24.8 Å². The third-order valence-electron chi connectivity index (χ3n) is 3.59. The lowest BCUT2D eigenvalue weighted by molar-refractivity contribution is 0.214. The van der Waals surface area contributed by atoms with Crippen LogP contribution in [0, 0.1) is 5.92 Å². The average molecular weight is 306 g/mol. The van der Waals surface area contributed by atoms with Gasteiger partial charge in [-0.05, 0) is 42.9 Å². The molecular formula is C18H30N2O2. The van der Waals surface area contributed by atoms with E-state index in [2.05, 4.69) is 43.5 Å². The number of hydrogen-bond donors (Lipinski definition) is 3. The van der Waals surface area contributed by atoms with Gasteiger partial charge >= 0.3 is 6.03 Å². The maximum absolute atomic E-state index is 11.9. The Balaban J connectivity index is 2.43. The van der Waals surface area contributed by atoms with Gasteiger partial charge in [0.1, 0.15) is 0 Å². The normalized spacial score (nSPS) is 12.2. The van der Waals surface area contributed by atoms with Gasteiger partial charge in [-0.3, -0.25) is 0 Å². The topological polar surface area (TPSA) is 61.4 Å². The molecule has 0 radical (unpaired) electrons. The number of aryl methyl sites for hydroxylation is 1. The molecule has 1 aromatic carbocycles. The molecule has 124 valence electrons. The molecule has 0 aliphatic carbocycles. The molecule has 0 bridgehead atoms. The smallest absolute Gasteiger partial charge is 0.319 e. The molecule has 4 heteroatoms. The van der Waals surface area contributed by atoms with Gasteiger partial charge < -0.3 is 15.7 Å². The third kappa shape index (κ3) is 7.46. The van der Waals surface area contributed by atoms with Crippen LogP contribution >= 0.6 is 0 Å². The lowest BCUT2D eigenvalue weighted by atomic mass is 10.0. The number of amides is 2. The van der Waals surface area contributed by atoms with E-state index >= 15 is 0 Å². The van der Waals surface area contributed by atoms with Crippen LogP contribution in [0.15, 0.2) is 24.3 Å². The summed E-state index contributed by atoms with van der Waals surface area (Å²) in [6.07, 6.45) is 5.53. The van der Waals surface area contributed by atoms with Crippen molar-refractivity contribution in [2.24, 2.45) is 5.92 Å². The number of aliphatic hydroxyl groups excluding tert-OH is 1. The summed E-state index contributed by atoms with van der Waals surface area (Å²) in [5.74, 6) is 0.430. The van der Waals surface area contributed by atoms with E-state index < -0.39 is 0 Å². The van der Waals surface area contributed by atoms with Gasteiger partial charge in [0, 0.05) is 5.69 Å². The van der Waals surface area contributed by atoms with Gasteiger partial charge in [0.2, 0.25) is 0 Å². The number of urea groups is 1. The molecule has 1 rings (SSSR count). The fourth-order valence-corrected chi connectivity index (χ4v) is 2.43. The van der Waals surface area contributed by atoms with Crippen molar-refractivity contribution in [2.45, 2.75) is 58.9 Å². The first-order chi connectivity index (χ1) is 10.5. The zero-order chi connectivity index (χ0) is 16.4. The molecule has 0 spiro atoms. The molecule has 0 saturated carbocycles. The zero-order valence-corrected chi connectivity index (χ0v) is 14.1. The zero-order valence-electron chi connectivity index (χ0n) is 14.1. The Morgan fingerprint density at radius 3 is 2.41 bits per heavy atom. The Morgan fingerprint density at radius 2 is 1.86 bits per heavy atom. The summed E-state index contributed by atoms with van der Waals surface area (Å²) in [7, 11) is 0. The van der Waals surface area contributed by atoms with E-state index in [-0.39, 0.29) is 18.7 Å². The molecule has 22 heavy (non-hydrogen) atoms. The van der Waals surface area contributed by atoms with E-state index in [9.17, 15) is 9.90 Å². The lowest BCUT2D eigenvalue weighted by Crippen LogP contribution is -2.40. The molecule has 2 amide bonds. The van der Waals surface area contributed by atoms with Crippen molar-refractivity contribution in [3.05, 3.63) is 29.8 Å². The first-order valence-corrected chi connectivity index (χ1v) is 8.32. The van der Waals surface area contributed by atoms with Crippen LogP contribution in [0.5, 0.6) is 0 Å². The first kappa shape index (κ1) is 18.5. The highest BCUT2D eigenvalue weighted by molar-refractivity contribution is 5.89. The molecule has 0 heterocycles. The molecule has 0 aromatic heterocycles. The minimum absolute atomic E-state index is 0.0397. The van der Waals surface area contributed by atoms with Crippen LogP contribution in [0.1, 0.15) is 52.0 Å². The van der Waals surface area contributed by atoms with E-state index in [0.29, 0.717) is 5.92 Å². The largest absolute Gasteiger partial charge is 0.394 e. The standard InChI is InChI=1S/C18H30N2O2/c1-4-5-6-7-15-8-10-16(11-9-15)19-18(22)20-17(13-21)12-14(2)3/h8-11,14,17,21H,4-7,12-13H2,1-3H3,(H2,19,20,22). The number of anilines is 1. The Kier molecular flexibility index (Phi) is 8.60. The van der Waals surface area contributed by atoms with Crippen molar-refractivity contribution >= 4 is 11.7 Å². The number of carbonyl (C=O) groups excluding carboxylic acids is 1. The maximum atomic E-state index is 11.9. The molecule has 0 aliphatic rings. The molecule has 0 aliphatic heterocycles. The quantitative estimate of drug-likeness (QED) is 0.605. The number of rotatable bonds is 9. The van der Waals surface area contributed by atoms with Crippen LogP contribution in [0.3, 0.4) is 0 Å². The fraction of sp³-hybridized carbons (Fsp3) is 0.611. The number of carbonyl (C=O) groups is 1. The van der Waals surface area contributed by atoms with Crippen LogP contribution in [-0.2, 0) is 6.42 Å². The monoisotopic (exact) mass is 306 g/mol. The Hall–Kier alpha value is -1.55. The van der Waals surface area contributed by atoms with Crippen molar-refractivity contribution in [1.29, 1.82) is 0 Å². The van der Waals surface area contributed by atoms with E-state index in [1.54, 1.807) is 0 Å². The summed E-state index contributed by atoms with van der Waals surface area (Å²) in [6.45, 7) is 6.30. The highest BCUT2D eigenvalue weighted by Crippen LogP contribution is 2.12. The van der Waals surface area contributed by atoms with E-state index in [1.807, 2.05) is 12.1 Å². The second-order valence-corrected chi connectivity index (χ2v) is 6.26. The van der Waals surface area contributed by atoms with Crippen molar-refractivity contribution < 1.29 is 9.90 Å². The second-order valence-electron chi connectivity index (χ2n) is 6.26. The summed E-state index contributed by atoms with van der Waals surface area (Å²) in [5.41, 5.74) is 2.07. The van der Waals surface area contributed by atoms with Gasteiger partial charge in [0.15, 0.2) is 0 Å². The second kappa shape index (κ2) is 10.2. The van der Waals surface area contributed by atoms with Gasteiger partial charge in [-0.25, -0.2) is 4.79 Å². The number of unbranched alkanes of at least 4 members (excludes halogenated alkanes) is 2. The molecule has 3 N–H and O–H groups in total. The van der Waals surface area contributed by atoms with Crippen LogP contribution in [0.4, 0.5) is 10.5 Å². The molecule has 0 fully saturated rings. The van der Waals surface area contributed by atoms with Gasteiger partial charge in [0.25, 0.3) is 0 Å². The van der Waals surface area contributed by atoms with Crippen LogP contribution in [0.25, 0.3) is 0 Å². The number of hydrogen-bond acceptors (Lipinski definition) is 2. The van der Waals surface area contributed by atoms with Crippen molar-refractivity contribution in [3.8, 4) is 0 Å². The Labute approximate surface area is 134 Å². The van der Waals surface area contributed by atoms with Gasteiger partial charge in [-0.15, -0.1) is 0 Å². The van der Waals surface area contributed by atoms with Crippen LogP contribution in [-0.4, -0.2) is 23.8 Å². The summed E-state index contributed by atoms with van der Waals surface area (Å²) >= 11 is 0. The lowest BCUT2D eigenvalue weighted by Gasteiger charge is -2.18. The predicted molar refractivity (Wildman–Crippen MR) is 92.2 cm³/mol. The number of nitrogens with one attached hydrogen (secondary N) is 2. The third-order valence-corrected chi connectivity index (χ3v) is 3.59. The minimum atomic E-state index is -0.265. The molecule has 1 unspecified atom stereocenters.